The predicted molar refractivity (Wildman–Crippen MR) is 49.0 cm³/mol. The van der Waals surface area contributed by atoms with Crippen LogP contribution in [0.4, 0.5) is 8.78 Å². The predicted octanol–water partition coefficient (Wildman–Crippen LogP) is 1.91. The number of benzene rings is 1. The topological polar surface area (TPSA) is 29.1 Å². The first-order valence-electron chi connectivity index (χ1n) is 4.20. The van der Waals surface area contributed by atoms with Crippen LogP contribution in [0.5, 0.6) is 0 Å². The van der Waals surface area contributed by atoms with Gasteiger partial charge in [0.2, 0.25) is 5.91 Å². The first kappa shape index (κ1) is 10.6. The quantitative estimate of drug-likeness (QED) is 0.791. The fourth-order valence-corrected chi connectivity index (χ4v) is 1.02. The third kappa shape index (κ3) is 2.80. The van der Waals surface area contributed by atoms with Crippen molar-refractivity contribution >= 4 is 5.91 Å². The van der Waals surface area contributed by atoms with Crippen LogP contribution >= 0.6 is 0 Å². The lowest BCUT2D eigenvalue weighted by Gasteiger charge is -2.16. The molecule has 1 amide bonds. The molecule has 0 atom stereocenters. The molecule has 2 nitrogen and oxygen atoms in total. The number of alkyl halides is 2. The number of hydrogen-bond donors (Lipinski definition) is 1. The molecule has 1 aromatic rings. The molecule has 0 saturated carbocycles. The molecule has 0 aliphatic carbocycles. The fraction of sp³-hybridized carbons (Fsp3) is 0.300. The van der Waals surface area contributed by atoms with Crippen LogP contribution < -0.4 is 5.32 Å². The summed E-state index contributed by atoms with van der Waals surface area (Å²) >= 11 is 0. The summed E-state index contributed by atoms with van der Waals surface area (Å²) in [4.78, 5) is 10.5. The number of hydrogen-bond acceptors (Lipinski definition) is 1. The molecule has 76 valence electrons. The van der Waals surface area contributed by atoms with Gasteiger partial charge in [0, 0.05) is 12.5 Å². The Kier molecular flexibility index (Phi) is 3.17. The Morgan fingerprint density at radius 1 is 1.36 bits per heavy atom. The first-order chi connectivity index (χ1) is 6.52. The van der Waals surface area contributed by atoms with Gasteiger partial charge in [-0.2, -0.15) is 8.78 Å². The molecule has 0 aromatic heterocycles. The Labute approximate surface area is 80.9 Å². The Morgan fingerprint density at radius 3 is 2.43 bits per heavy atom. The summed E-state index contributed by atoms with van der Waals surface area (Å²) in [5.74, 6) is -3.46. The number of nitrogens with one attached hydrogen (secondary N) is 1. The number of amides is 1. The monoisotopic (exact) mass is 199 g/mol. The molecule has 1 N–H and O–H groups in total. The van der Waals surface area contributed by atoms with Crippen LogP contribution in [-0.4, -0.2) is 12.5 Å². The van der Waals surface area contributed by atoms with Crippen molar-refractivity contribution in [2.75, 3.05) is 6.54 Å². The molecule has 14 heavy (non-hydrogen) atoms. The highest BCUT2D eigenvalue weighted by molar-refractivity contribution is 5.72. The molecular formula is C10H11F2NO. The minimum absolute atomic E-state index is 0.0891. The van der Waals surface area contributed by atoms with E-state index in [9.17, 15) is 13.6 Å². The molecule has 0 saturated heterocycles. The number of halogens is 2. The van der Waals surface area contributed by atoms with Crippen LogP contribution in [0.15, 0.2) is 30.3 Å². The second-order valence-electron chi connectivity index (χ2n) is 2.98. The molecule has 0 aliphatic rings. The minimum atomic E-state index is -3.01. The Morgan fingerprint density at radius 2 is 1.93 bits per heavy atom. The van der Waals surface area contributed by atoms with E-state index < -0.39 is 18.4 Å². The van der Waals surface area contributed by atoms with Gasteiger partial charge in [-0.15, -0.1) is 0 Å². The van der Waals surface area contributed by atoms with Crippen LogP contribution in [0.2, 0.25) is 0 Å². The molecule has 0 aliphatic heterocycles. The van der Waals surface area contributed by atoms with Gasteiger partial charge in [0.25, 0.3) is 5.92 Å². The highest BCUT2D eigenvalue weighted by Crippen LogP contribution is 2.26. The Bertz CT molecular complexity index is 311. The lowest BCUT2D eigenvalue weighted by atomic mass is 10.1. The summed E-state index contributed by atoms with van der Waals surface area (Å²) in [7, 11) is 0. The van der Waals surface area contributed by atoms with Crippen molar-refractivity contribution in [1.82, 2.24) is 5.32 Å². The molecule has 0 bridgehead atoms. The van der Waals surface area contributed by atoms with Crippen molar-refractivity contribution in [3.63, 3.8) is 0 Å². The SMILES string of the molecule is CC(=O)NCC(F)(F)c1ccccc1. The van der Waals surface area contributed by atoms with Gasteiger partial charge in [-0.1, -0.05) is 30.3 Å². The average Bonchev–Trinajstić information content (AvgIpc) is 2.16. The van der Waals surface area contributed by atoms with Gasteiger partial charge in [0.15, 0.2) is 0 Å². The van der Waals surface area contributed by atoms with Crippen LogP contribution in [0, 0.1) is 0 Å². The zero-order chi connectivity index (χ0) is 10.6. The maximum Gasteiger partial charge on any atom is 0.290 e. The van der Waals surface area contributed by atoms with Crippen molar-refractivity contribution in [1.29, 1.82) is 0 Å². The standard InChI is InChI=1S/C10H11F2NO/c1-8(14)13-7-10(11,12)9-5-3-2-4-6-9/h2-6H,7H2,1H3,(H,13,14). The van der Waals surface area contributed by atoms with Gasteiger partial charge in [0.05, 0.1) is 6.54 Å². The van der Waals surface area contributed by atoms with Gasteiger partial charge in [-0.25, -0.2) is 0 Å². The lowest BCUT2D eigenvalue weighted by Crippen LogP contribution is -2.33. The summed E-state index contributed by atoms with van der Waals surface area (Å²) in [6.07, 6.45) is 0. The van der Waals surface area contributed by atoms with Gasteiger partial charge >= 0.3 is 0 Å². The fourth-order valence-electron chi connectivity index (χ4n) is 1.02. The van der Waals surface area contributed by atoms with E-state index >= 15 is 0 Å². The van der Waals surface area contributed by atoms with Crippen molar-refractivity contribution < 1.29 is 13.6 Å². The Balaban J connectivity index is 2.70. The van der Waals surface area contributed by atoms with Gasteiger partial charge in [-0.05, 0) is 0 Å². The summed E-state index contributed by atoms with van der Waals surface area (Å²) in [5, 5.41) is 2.10. The normalized spacial score (nSPS) is 11.1. The highest BCUT2D eigenvalue weighted by Gasteiger charge is 2.31. The van der Waals surface area contributed by atoms with Crippen molar-refractivity contribution in [2.45, 2.75) is 12.8 Å². The molecule has 1 aromatic carbocycles. The van der Waals surface area contributed by atoms with Crippen molar-refractivity contribution in [2.24, 2.45) is 0 Å². The van der Waals surface area contributed by atoms with Crippen LogP contribution in [-0.2, 0) is 10.7 Å². The molecule has 1 rings (SSSR count). The minimum Gasteiger partial charge on any atom is -0.350 e. The van der Waals surface area contributed by atoms with E-state index in [0.717, 1.165) is 0 Å². The van der Waals surface area contributed by atoms with Crippen LogP contribution in [0.3, 0.4) is 0 Å². The largest absolute Gasteiger partial charge is 0.350 e. The molecule has 0 radical (unpaired) electrons. The van der Waals surface area contributed by atoms with Crippen LogP contribution in [0.25, 0.3) is 0 Å². The maximum absolute atomic E-state index is 13.3. The van der Waals surface area contributed by atoms with E-state index in [1.807, 2.05) is 0 Å². The van der Waals surface area contributed by atoms with Crippen LogP contribution in [0.1, 0.15) is 12.5 Å². The average molecular weight is 199 g/mol. The summed E-state index contributed by atoms with van der Waals surface area (Å²) in [5.41, 5.74) is -0.0891. The van der Waals surface area contributed by atoms with E-state index in [1.54, 1.807) is 6.07 Å². The molecule has 0 heterocycles. The number of carbonyl (C=O) groups is 1. The van der Waals surface area contributed by atoms with E-state index in [1.165, 1.54) is 31.2 Å². The number of carbonyl (C=O) groups excluding carboxylic acids is 1. The molecular weight excluding hydrogens is 188 g/mol. The Hall–Kier alpha value is -1.45. The molecule has 0 spiro atoms. The summed E-state index contributed by atoms with van der Waals surface area (Å²) < 4.78 is 26.6. The molecule has 0 unspecified atom stereocenters. The number of rotatable bonds is 3. The van der Waals surface area contributed by atoms with Crippen molar-refractivity contribution in [3.8, 4) is 0 Å². The maximum atomic E-state index is 13.3. The third-order valence-corrected chi connectivity index (χ3v) is 1.76. The van der Waals surface area contributed by atoms with Gasteiger partial charge < -0.3 is 5.32 Å². The summed E-state index contributed by atoms with van der Waals surface area (Å²) in [6, 6.07) is 7.41. The second-order valence-corrected chi connectivity index (χ2v) is 2.98. The van der Waals surface area contributed by atoms with E-state index in [-0.39, 0.29) is 5.56 Å². The van der Waals surface area contributed by atoms with Gasteiger partial charge in [-0.3, -0.25) is 4.79 Å². The summed E-state index contributed by atoms with van der Waals surface area (Å²) in [6.45, 7) is 0.549. The van der Waals surface area contributed by atoms with Gasteiger partial charge in [0.1, 0.15) is 0 Å². The molecule has 4 heteroatoms. The second kappa shape index (κ2) is 4.17. The zero-order valence-electron chi connectivity index (χ0n) is 7.76. The first-order valence-corrected chi connectivity index (χ1v) is 4.20. The van der Waals surface area contributed by atoms with E-state index in [0.29, 0.717) is 0 Å². The molecule has 0 fully saturated rings. The van der Waals surface area contributed by atoms with Crippen molar-refractivity contribution in [3.05, 3.63) is 35.9 Å². The lowest BCUT2D eigenvalue weighted by molar-refractivity contribution is -0.121. The smallest absolute Gasteiger partial charge is 0.290 e. The van der Waals surface area contributed by atoms with E-state index in [4.69, 9.17) is 0 Å². The van der Waals surface area contributed by atoms with E-state index in [2.05, 4.69) is 5.32 Å². The zero-order valence-corrected chi connectivity index (χ0v) is 7.76. The third-order valence-electron chi connectivity index (χ3n) is 1.76. The highest BCUT2D eigenvalue weighted by atomic mass is 19.3.